The summed E-state index contributed by atoms with van der Waals surface area (Å²) in [7, 11) is 0. The summed E-state index contributed by atoms with van der Waals surface area (Å²) in [6.45, 7) is 1.66. The van der Waals surface area contributed by atoms with E-state index in [0.717, 1.165) is 10.6 Å². The number of fused-ring (bicyclic) bond motifs is 1. The molecule has 4 aromatic rings. The predicted octanol–water partition coefficient (Wildman–Crippen LogP) is 4.49. The van der Waals surface area contributed by atoms with Crippen molar-refractivity contribution in [2.24, 2.45) is 0 Å². The minimum Gasteiger partial charge on any atom is -0.360 e. The number of nitrogens with one attached hydrogen (secondary N) is 1. The van der Waals surface area contributed by atoms with E-state index in [1.165, 1.54) is 18.2 Å². The fraction of sp³-hybridized carbons (Fsp3) is 0.111. The molecule has 1 aromatic carbocycles. The monoisotopic (exact) mass is 421 g/mol. The van der Waals surface area contributed by atoms with Gasteiger partial charge in [0.15, 0.2) is 11.5 Å². The van der Waals surface area contributed by atoms with Gasteiger partial charge in [0, 0.05) is 6.07 Å². The van der Waals surface area contributed by atoms with Crippen molar-refractivity contribution in [1.29, 1.82) is 0 Å². The van der Waals surface area contributed by atoms with E-state index in [9.17, 15) is 18.0 Å². The number of alkyl halides is 3. The van der Waals surface area contributed by atoms with Gasteiger partial charge in [-0.25, -0.2) is 14.3 Å². The van der Waals surface area contributed by atoms with Crippen LogP contribution in [-0.4, -0.2) is 19.7 Å². The maximum absolute atomic E-state index is 13.3. The molecule has 29 heavy (non-hydrogen) atoms. The molecule has 3 aromatic heterocycles. The van der Waals surface area contributed by atoms with Crippen molar-refractivity contribution in [3.05, 3.63) is 69.4 Å². The van der Waals surface area contributed by atoms with Crippen molar-refractivity contribution >= 4 is 34.3 Å². The lowest BCUT2D eigenvalue weighted by atomic mass is 10.2. The van der Waals surface area contributed by atoms with Crippen LogP contribution in [0.2, 0.25) is 5.02 Å². The van der Waals surface area contributed by atoms with Crippen molar-refractivity contribution < 1.29 is 17.7 Å². The second kappa shape index (κ2) is 6.89. The fourth-order valence-electron chi connectivity index (χ4n) is 2.75. The first-order valence-electron chi connectivity index (χ1n) is 8.20. The van der Waals surface area contributed by atoms with Crippen molar-refractivity contribution in [3.8, 4) is 5.69 Å². The number of nitrogens with zero attached hydrogens (tertiary/aromatic N) is 4. The molecule has 0 bridgehead atoms. The van der Waals surface area contributed by atoms with Crippen molar-refractivity contribution in [2.75, 3.05) is 5.32 Å². The van der Waals surface area contributed by atoms with Gasteiger partial charge < -0.3 is 9.84 Å². The van der Waals surface area contributed by atoms with Crippen LogP contribution in [0.4, 0.5) is 24.8 Å². The Labute approximate surface area is 165 Å². The lowest BCUT2D eigenvalue weighted by Gasteiger charge is -2.15. The summed E-state index contributed by atoms with van der Waals surface area (Å²) < 4.78 is 45.6. The molecule has 0 atom stereocenters. The lowest BCUT2D eigenvalue weighted by molar-refractivity contribution is -0.141. The molecule has 0 aliphatic carbocycles. The smallest absolute Gasteiger partial charge is 0.360 e. The Balaban J connectivity index is 2.02. The molecule has 0 amide bonds. The van der Waals surface area contributed by atoms with E-state index in [1.54, 1.807) is 25.1 Å². The largest absolute Gasteiger partial charge is 0.433 e. The van der Waals surface area contributed by atoms with Crippen LogP contribution in [0.15, 0.2) is 51.8 Å². The number of hydrogen-bond donors (Lipinski definition) is 1. The second-order valence-corrected chi connectivity index (χ2v) is 6.45. The Morgan fingerprint density at radius 3 is 2.55 bits per heavy atom. The summed E-state index contributed by atoms with van der Waals surface area (Å²) in [4.78, 5) is 20.4. The van der Waals surface area contributed by atoms with Gasteiger partial charge in [-0.2, -0.15) is 18.2 Å². The SMILES string of the molecule is Cc1cc(Nc2nc(=O)n(-c3ccccc3Cl)c3nc(C(F)(F)F)ccc23)no1. The van der Waals surface area contributed by atoms with E-state index >= 15 is 0 Å². The first kappa shape index (κ1) is 18.9. The zero-order valence-electron chi connectivity index (χ0n) is 14.7. The maximum atomic E-state index is 13.3. The molecule has 0 saturated carbocycles. The molecule has 3 heterocycles. The number of hydrogen-bond acceptors (Lipinski definition) is 6. The molecule has 4 rings (SSSR count). The van der Waals surface area contributed by atoms with Gasteiger partial charge >= 0.3 is 11.9 Å². The standard InChI is InChI=1S/C18H11ClF3N5O2/c1-9-8-14(26-29-9)24-15-10-6-7-13(18(20,21)22)23-16(10)27(17(28)25-15)12-5-3-2-4-11(12)19/h2-8H,1H3,(H,24,25,26,28). The molecule has 0 radical (unpaired) electrons. The van der Waals surface area contributed by atoms with Gasteiger partial charge in [0.2, 0.25) is 0 Å². The molecule has 0 aliphatic heterocycles. The fourth-order valence-corrected chi connectivity index (χ4v) is 2.97. The van der Waals surface area contributed by atoms with E-state index in [4.69, 9.17) is 16.1 Å². The van der Waals surface area contributed by atoms with Crippen molar-refractivity contribution in [1.82, 2.24) is 19.7 Å². The molecule has 0 saturated heterocycles. The van der Waals surface area contributed by atoms with E-state index in [0.29, 0.717) is 5.76 Å². The third-order valence-electron chi connectivity index (χ3n) is 4.00. The Kier molecular flexibility index (Phi) is 4.50. The Morgan fingerprint density at radius 2 is 1.90 bits per heavy atom. The number of aromatic nitrogens is 4. The molecule has 7 nitrogen and oxygen atoms in total. The summed E-state index contributed by atoms with van der Waals surface area (Å²) in [5.41, 5.74) is -2.11. The minimum absolute atomic E-state index is 0.0113. The van der Waals surface area contributed by atoms with Gasteiger partial charge in [0.25, 0.3) is 0 Å². The molecule has 0 aliphatic rings. The van der Waals surface area contributed by atoms with E-state index in [2.05, 4.69) is 20.4 Å². The number of aryl methyl sites for hydroxylation is 1. The molecule has 148 valence electrons. The van der Waals surface area contributed by atoms with Crippen LogP contribution >= 0.6 is 11.6 Å². The summed E-state index contributed by atoms with van der Waals surface area (Å²) in [5.74, 6) is 0.729. The Bertz CT molecular complexity index is 1280. The van der Waals surface area contributed by atoms with Crippen LogP contribution in [0, 0.1) is 6.92 Å². The highest BCUT2D eigenvalue weighted by atomic mass is 35.5. The quantitative estimate of drug-likeness (QED) is 0.524. The average Bonchev–Trinajstić information content (AvgIpc) is 3.06. The molecule has 1 N–H and O–H groups in total. The Hall–Kier alpha value is -3.40. The van der Waals surface area contributed by atoms with E-state index < -0.39 is 17.6 Å². The summed E-state index contributed by atoms with van der Waals surface area (Å²) >= 11 is 6.16. The van der Waals surface area contributed by atoms with Crippen molar-refractivity contribution in [2.45, 2.75) is 13.1 Å². The van der Waals surface area contributed by atoms with Crippen LogP contribution in [0.3, 0.4) is 0 Å². The first-order chi connectivity index (χ1) is 13.7. The van der Waals surface area contributed by atoms with Gasteiger partial charge in [0.1, 0.15) is 17.3 Å². The number of rotatable bonds is 3. The number of halogens is 4. The van der Waals surface area contributed by atoms with Gasteiger partial charge in [-0.3, -0.25) is 0 Å². The van der Waals surface area contributed by atoms with E-state index in [-0.39, 0.29) is 33.4 Å². The number of pyridine rings is 1. The zero-order valence-corrected chi connectivity index (χ0v) is 15.4. The van der Waals surface area contributed by atoms with Gasteiger partial charge in [-0.1, -0.05) is 28.9 Å². The summed E-state index contributed by atoms with van der Waals surface area (Å²) in [6.07, 6.45) is -4.70. The van der Waals surface area contributed by atoms with Crippen LogP contribution in [0.5, 0.6) is 0 Å². The van der Waals surface area contributed by atoms with E-state index in [1.807, 2.05) is 0 Å². The highest BCUT2D eigenvalue weighted by Crippen LogP contribution is 2.32. The maximum Gasteiger partial charge on any atom is 0.433 e. The Morgan fingerprint density at radius 1 is 1.14 bits per heavy atom. The summed E-state index contributed by atoms with van der Waals surface area (Å²) in [6, 6.07) is 9.75. The second-order valence-electron chi connectivity index (χ2n) is 6.04. The molecular formula is C18H11ClF3N5O2. The van der Waals surface area contributed by atoms with Crippen LogP contribution in [-0.2, 0) is 6.18 Å². The van der Waals surface area contributed by atoms with Gasteiger partial charge in [-0.15, -0.1) is 0 Å². The van der Waals surface area contributed by atoms with Gasteiger partial charge in [-0.05, 0) is 31.2 Å². The lowest BCUT2D eigenvalue weighted by Crippen LogP contribution is -2.24. The third-order valence-corrected chi connectivity index (χ3v) is 4.32. The van der Waals surface area contributed by atoms with Crippen LogP contribution in [0.25, 0.3) is 16.7 Å². The normalized spacial score (nSPS) is 11.8. The first-order valence-corrected chi connectivity index (χ1v) is 8.58. The van der Waals surface area contributed by atoms with Crippen molar-refractivity contribution in [3.63, 3.8) is 0 Å². The molecule has 11 heteroatoms. The third kappa shape index (κ3) is 3.54. The molecule has 0 spiro atoms. The van der Waals surface area contributed by atoms with Crippen LogP contribution < -0.4 is 11.0 Å². The highest BCUT2D eigenvalue weighted by Gasteiger charge is 2.33. The van der Waals surface area contributed by atoms with Crippen LogP contribution in [0.1, 0.15) is 11.5 Å². The minimum atomic E-state index is -4.70. The topological polar surface area (TPSA) is 85.8 Å². The molecular weight excluding hydrogens is 411 g/mol. The summed E-state index contributed by atoms with van der Waals surface area (Å²) in [5, 5.41) is 6.84. The molecule has 0 unspecified atom stereocenters. The highest BCUT2D eigenvalue weighted by molar-refractivity contribution is 6.32. The zero-order chi connectivity index (χ0) is 20.8. The number of anilines is 2. The predicted molar refractivity (Wildman–Crippen MR) is 99.7 cm³/mol. The number of benzene rings is 1. The average molecular weight is 422 g/mol. The molecule has 0 fully saturated rings. The number of para-hydroxylation sites is 1. The van der Waals surface area contributed by atoms with Gasteiger partial charge in [0.05, 0.1) is 16.1 Å².